The Bertz CT molecular complexity index is 374. The van der Waals surface area contributed by atoms with E-state index < -0.39 is 5.82 Å². The van der Waals surface area contributed by atoms with E-state index in [1.807, 2.05) is 20.8 Å². The van der Waals surface area contributed by atoms with Crippen molar-refractivity contribution in [1.82, 2.24) is 5.32 Å². The Balaban J connectivity index is 2.89. The van der Waals surface area contributed by atoms with Crippen LogP contribution in [0, 0.1) is 11.7 Å². The van der Waals surface area contributed by atoms with Crippen LogP contribution < -0.4 is 5.32 Å². The van der Waals surface area contributed by atoms with Crippen LogP contribution in [0.1, 0.15) is 36.7 Å². The number of halogens is 1. The predicted octanol–water partition coefficient (Wildman–Crippen LogP) is 2.77. The summed E-state index contributed by atoms with van der Waals surface area (Å²) in [6.07, 6.45) is 0.655. The number of benzene rings is 1. The fourth-order valence-corrected chi connectivity index (χ4v) is 1.50. The number of carbonyl (C=O) groups is 1. The predicted molar refractivity (Wildman–Crippen MR) is 62.9 cm³/mol. The van der Waals surface area contributed by atoms with Crippen molar-refractivity contribution in [2.24, 2.45) is 5.92 Å². The molecule has 0 saturated heterocycles. The molecule has 0 aromatic heterocycles. The summed E-state index contributed by atoms with van der Waals surface area (Å²) >= 11 is 0. The van der Waals surface area contributed by atoms with Crippen LogP contribution in [0.3, 0.4) is 0 Å². The number of nitrogens with one attached hydrogen (secondary N) is 1. The smallest absolute Gasteiger partial charge is 0.254 e. The molecule has 0 unspecified atom stereocenters. The van der Waals surface area contributed by atoms with Crippen LogP contribution in [0.2, 0.25) is 0 Å². The Labute approximate surface area is 95.9 Å². The van der Waals surface area contributed by atoms with Gasteiger partial charge in [0.05, 0.1) is 5.56 Å². The average molecular weight is 223 g/mol. The molecule has 1 amide bonds. The second kappa shape index (κ2) is 5.64. The van der Waals surface area contributed by atoms with Gasteiger partial charge in [-0.25, -0.2) is 4.39 Å². The summed E-state index contributed by atoms with van der Waals surface area (Å²) < 4.78 is 13.6. The third-order valence-corrected chi connectivity index (χ3v) is 2.38. The molecule has 0 radical (unpaired) electrons. The summed E-state index contributed by atoms with van der Waals surface area (Å²) in [5.41, 5.74) is 0.937. The maximum Gasteiger partial charge on any atom is 0.254 e. The van der Waals surface area contributed by atoms with Gasteiger partial charge in [0.1, 0.15) is 5.82 Å². The number of hydrogen-bond donors (Lipinski definition) is 1. The fourth-order valence-electron chi connectivity index (χ4n) is 1.50. The minimum absolute atomic E-state index is 0.186. The highest BCUT2D eigenvalue weighted by molar-refractivity contribution is 5.95. The molecule has 1 N–H and O–H groups in total. The van der Waals surface area contributed by atoms with E-state index in [1.165, 1.54) is 6.07 Å². The molecule has 0 heterocycles. The first kappa shape index (κ1) is 12.7. The molecule has 0 fully saturated rings. The third kappa shape index (κ3) is 3.05. The van der Waals surface area contributed by atoms with Crippen LogP contribution in [0.15, 0.2) is 18.2 Å². The van der Waals surface area contributed by atoms with Crippen molar-refractivity contribution in [2.45, 2.75) is 27.2 Å². The highest BCUT2D eigenvalue weighted by atomic mass is 19.1. The minimum atomic E-state index is -0.444. The summed E-state index contributed by atoms with van der Waals surface area (Å²) in [7, 11) is 0. The van der Waals surface area contributed by atoms with Gasteiger partial charge in [0.2, 0.25) is 0 Å². The summed E-state index contributed by atoms with van der Waals surface area (Å²) in [4.78, 5) is 11.8. The zero-order valence-electron chi connectivity index (χ0n) is 10.0. The van der Waals surface area contributed by atoms with E-state index >= 15 is 0 Å². The largest absolute Gasteiger partial charge is 0.352 e. The van der Waals surface area contributed by atoms with Gasteiger partial charge in [0.15, 0.2) is 0 Å². The van der Waals surface area contributed by atoms with Crippen LogP contribution in [-0.4, -0.2) is 12.5 Å². The van der Waals surface area contributed by atoms with E-state index in [9.17, 15) is 9.18 Å². The molecule has 3 heteroatoms. The van der Waals surface area contributed by atoms with Crippen LogP contribution in [0.25, 0.3) is 0 Å². The van der Waals surface area contributed by atoms with Crippen LogP contribution in [0.4, 0.5) is 4.39 Å². The van der Waals surface area contributed by atoms with Gasteiger partial charge in [-0.1, -0.05) is 32.9 Å². The maximum absolute atomic E-state index is 13.6. The van der Waals surface area contributed by atoms with Gasteiger partial charge < -0.3 is 5.32 Å². The lowest BCUT2D eigenvalue weighted by Crippen LogP contribution is -2.29. The van der Waals surface area contributed by atoms with E-state index in [0.717, 1.165) is 5.56 Å². The first-order valence-corrected chi connectivity index (χ1v) is 5.61. The number of aryl methyl sites for hydroxylation is 1. The minimum Gasteiger partial charge on any atom is -0.352 e. The van der Waals surface area contributed by atoms with E-state index in [1.54, 1.807) is 12.1 Å². The molecule has 0 aliphatic rings. The molecule has 0 bridgehead atoms. The zero-order chi connectivity index (χ0) is 12.1. The Kier molecular flexibility index (Phi) is 4.47. The van der Waals surface area contributed by atoms with Gasteiger partial charge in [0.25, 0.3) is 5.91 Å². The van der Waals surface area contributed by atoms with Crippen LogP contribution in [0.5, 0.6) is 0 Å². The molecule has 1 rings (SSSR count). The van der Waals surface area contributed by atoms with Crippen molar-refractivity contribution >= 4 is 5.91 Å². The molecular weight excluding hydrogens is 205 g/mol. The Morgan fingerprint density at radius 3 is 2.69 bits per heavy atom. The summed E-state index contributed by atoms with van der Waals surface area (Å²) in [5, 5.41) is 2.74. The quantitative estimate of drug-likeness (QED) is 0.835. The topological polar surface area (TPSA) is 29.1 Å². The van der Waals surface area contributed by atoms with Gasteiger partial charge in [-0.3, -0.25) is 4.79 Å². The van der Waals surface area contributed by atoms with Gasteiger partial charge in [-0.05, 0) is 24.0 Å². The molecule has 88 valence electrons. The summed E-state index contributed by atoms with van der Waals surface area (Å²) in [5.74, 6) is -0.398. The highest BCUT2D eigenvalue weighted by Gasteiger charge is 2.15. The normalized spacial score (nSPS) is 10.6. The fraction of sp³-hybridized carbons (Fsp3) is 0.462. The van der Waals surface area contributed by atoms with Gasteiger partial charge in [0, 0.05) is 6.54 Å². The maximum atomic E-state index is 13.6. The number of carbonyl (C=O) groups excluding carboxylic acids is 1. The Morgan fingerprint density at radius 2 is 2.12 bits per heavy atom. The van der Waals surface area contributed by atoms with E-state index in [4.69, 9.17) is 0 Å². The molecule has 16 heavy (non-hydrogen) atoms. The number of rotatable bonds is 4. The molecule has 0 atom stereocenters. The van der Waals surface area contributed by atoms with E-state index in [2.05, 4.69) is 5.32 Å². The molecule has 0 spiro atoms. The van der Waals surface area contributed by atoms with Crippen molar-refractivity contribution < 1.29 is 9.18 Å². The molecule has 0 aliphatic heterocycles. The van der Waals surface area contributed by atoms with Gasteiger partial charge in [-0.15, -0.1) is 0 Å². The molecule has 0 aliphatic carbocycles. The standard InChI is InChI=1S/C13H18FNO/c1-4-10-6-5-7-11(14)12(10)13(16)15-8-9(2)3/h5-7,9H,4,8H2,1-3H3,(H,15,16). The van der Waals surface area contributed by atoms with Crippen molar-refractivity contribution in [1.29, 1.82) is 0 Å². The zero-order valence-corrected chi connectivity index (χ0v) is 10.0. The highest BCUT2D eigenvalue weighted by Crippen LogP contribution is 2.14. The van der Waals surface area contributed by atoms with E-state index in [0.29, 0.717) is 18.9 Å². The van der Waals surface area contributed by atoms with Crippen LogP contribution >= 0.6 is 0 Å². The third-order valence-electron chi connectivity index (χ3n) is 2.38. The van der Waals surface area contributed by atoms with Crippen molar-refractivity contribution in [3.05, 3.63) is 35.1 Å². The van der Waals surface area contributed by atoms with Crippen LogP contribution in [-0.2, 0) is 6.42 Å². The average Bonchev–Trinajstić information content (AvgIpc) is 2.25. The number of amides is 1. The molecular formula is C13H18FNO. The summed E-state index contributed by atoms with van der Waals surface area (Å²) in [6, 6.07) is 4.74. The summed E-state index contributed by atoms with van der Waals surface area (Å²) in [6.45, 7) is 6.48. The van der Waals surface area contributed by atoms with E-state index in [-0.39, 0.29) is 11.5 Å². The lowest BCUT2D eigenvalue weighted by atomic mass is 10.0. The first-order chi connectivity index (χ1) is 7.56. The SMILES string of the molecule is CCc1cccc(F)c1C(=O)NCC(C)C. The molecule has 1 aromatic rings. The first-order valence-electron chi connectivity index (χ1n) is 5.61. The van der Waals surface area contributed by atoms with Gasteiger partial charge in [-0.2, -0.15) is 0 Å². The van der Waals surface area contributed by atoms with Crippen molar-refractivity contribution in [3.8, 4) is 0 Å². The monoisotopic (exact) mass is 223 g/mol. The Morgan fingerprint density at radius 1 is 1.44 bits per heavy atom. The second-order valence-corrected chi connectivity index (χ2v) is 4.23. The molecule has 1 aromatic carbocycles. The lowest BCUT2D eigenvalue weighted by molar-refractivity contribution is 0.0944. The second-order valence-electron chi connectivity index (χ2n) is 4.23. The molecule has 2 nitrogen and oxygen atoms in total. The number of hydrogen-bond acceptors (Lipinski definition) is 1. The lowest BCUT2D eigenvalue weighted by Gasteiger charge is -2.11. The Hall–Kier alpha value is -1.38. The van der Waals surface area contributed by atoms with Gasteiger partial charge >= 0.3 is 0 Å². The molecule has 0 saturated carbocycles. The van der Waals surface area contributed by atoms with Crippen molar-refractivity contribution in [2.75, 3.05) is 6.54 Å². The van der Waals surface area contributed by atoms with Crippen molar-refractivity contribution in [3.63, 3.8) is 0 Å².